The Labute approximate surface area is 155 Å². The third-order valence-corrected chi connectivity index (χ3v) is 5.72. The number of nitrogens with one attached hydrogen (secondary N) is 2. The molecule has 1 fully saturated rings. The van der Waals surface area contributed by atoms with Gasteiger partial charge in [-0.1, -0.05) is 0 Å². The summed E-state index contributed by atoms with van der Waals surface area (Å²) in [5, 5.41) is 7.49. The molecule has 0 spiro atoms. The lowest BCUT2D eigenvalue weighted by molar-refractivity contribution is -0.121. The number of carbonyl (C=O) groups excluding carboxylic acids is 1. The number of rotatable bonds is 5. The van der Waals surface area contributed by atoms with E-state index in [2.05, 4.69) is 15.6 Å². The van der Waals surface area contributed by atoms with E-state index in [1.807, 2.05) is 0 Å². The monoisotopic (exact) mass is 379 g/mol. The summed E-state index contributed by atoms with van der Waals surface area (Å²) in [7, 11) is 0. The van der Waals surface area contributed by atoms with Crippen LogP contribution >= 0.6 is 36.2 Å². The summed E-state index contributed by atoms with van der Waals surface area (Å²) in [5.41, 5.74) is 1.28. The van der Waals surface area contributed by atoms with E-state index >= 15 is 0 Å². The van der Waals surface area contributed by atoms with Crippen molar-refractivity contribution in [3.8, 4) is 0 Å². The van der Waals surface area contributed by atoms with E-state index in [1.54, 1.807) is 11.3 Å². The third-order valence-electron chi connectivity index (χ3n) is 4.57. The molecule has 2 N–H and O–H groups in total. The van der Waals surface area contributed by atoms with E-state index < -0.39 is 0 Å². The predicted octanol–water partition coefficient (Wildman–Crippen LogP) is 3.26. The van der Waals surface area contributed by atoms with E-state index in [-0.39, 0.29) is 30.7 Å². The molecule has 0 atom stereocenters. The minimum absolute atomic E-state index is 0. The number of thiazole rings is 1. The fourth-order valence-electron chi connectivity index (χ4n) is 3.25. The second-order valence-corrected chi connectivity index (χ2v) is 7.36. The SMILES string of the molecule is Cl.Cl.O=C(CCC1CCNCC1)NCc1nc2c(s1)CCCC2. The maximum Gasteiger partial charge on any atom is 0.220 e. The van der Waals surface area contributed by atoms with Gasteiger partial charge in [-0.05, 0) is 64.0 Å². The zero-order valence-corrected chi connectivity index (χ0v) is 15.9. The minimum Gasteiger partial charge on any atom is -0.350 e. The number of hydrogen-bond acceptors (Lipinski definition) is 4. The van der Waals surface area contributed by atoms with E-state index in [0.29, 0.717) is 13.0 Å². The quantitative estimate of drug-likeness (QED) is 0.825. The standard InChI is InChI=1S/C16H25N3OS.2ClH/c20-15(6-5-12-7-9-17-10-8-12)18-11-16-19-13-3-1-2-4-14(13)21-16;;/h12,17H,1-11H2,(H,18,20);2*1H. The van der Waals surface area contributed by atoms with Gasteiger partial charge in [0.25, 0.3) is 0 Å². The summed E-state index contributed by atoms with van der Waals surface area (Å²) in [5.74, 6) is 0.908. The highest BCUT2D eigenvalue weighted by Gasteiger charge is 2.16. The number of piperidine rings is 1. The lowest BCUT2D eigenvalue weighted by atomic mass is 9.93. The number of fused-ring (bicyclic) bond motifs is 1. The van der Waals surface area contributed by atoms with Crippen molar-refractivity contribution in [2.45, 2.75) is 57.9 Å². The van der Waals surface area contributed by atoms with Gasteiger partial charge in [-0.2, -0.15) is 0 Å². The molecule has 23 heavy (non-hydrogen) atoms. The second kappa shape index (κ2) is 10.5. The van der Waals surface area contributed by atoms with Gasteiger partial charge in [0.05, 0.1) is 12.2 Å². The average molecular weight is 380 g/mol. The Morgan fingerprint density at radius 2 is 1.96 bits per heavy atom. The largest absolute Gasteiger partial charge is 0.350 e. The maximum atomic E-state index is 12.0. The zero-order valence-electron chi connectivity index (χ0n) is 13.4. The number of aryl methyl sites for hydroxylation is 2. The van der Waals surface area contributed by atoms with Crippen molar-refractivity contribution < 1.29 is 4.79 Å². The van der Waals surface area contributed by atoms with Gasteiger partial charge in [-0.25, -0.2) is 4.98 Å². The maximum absolute atomic E-state index is 12.0. The molecule has 2 aliphatic rings. The molecule has 3 rings (SSSR count). The normalized spacial score (nSPS) is 17.6. The van der Waals surface area contributed by atoms with Gasteiger partial charge in [0.15, 0.2) is 0 Å². The van der Waals surface area contributed by atoms with Gasteiger partial charge in [0.1, 0.15) is 5.01 Å². The highest BCUT2D eigenvalue weighted by Crippen LogP contribution is 2.26. The van der Waals surface area contributed by atoms with Crippen molar-refractivity contribution in [2.75, 3.05) is 13.1 Å². The van der Waals surface area contributed by atoms with Crippen LogP contribution in [0.5, 0.6) is 0 Å². The molecular weight excluding hydrogens is 353 g/mol. The van der Waals surface area contributed by atoms with Crippen LogP contribution in [0.25, 0.3) is 0 Å². The zero-order chi connectivity index (χ0) is 14.5. The van der Waals surface area contributed by atoms with Crippen LogP contribution in [0.15, 0.2) is 0 Å². The van der Waals surface area contributed by atoms with E-state index in [1.165, 1.54) is 42.7 Å². The summed E-state index contributed by atoms with van der Waals surface area (Å²) in [4.78, 5) is 18.1. The molecule has 1 aromatic heterocycles. The number of carbonyl (C=O) groups is 1. The van der Waals surface area contributed by atoms with E-state index in [0.717, 1.165) is 36.9 Å². The fourth-order valence-corrected chi connectivity index (χ4v) is 4.35. The Morgan fingerprint density at radius 1 is 1.22 bits per heavy atom. The lowest BCUT2D eigenvalue weighted by Gasteiger charge is -2.22. The molecule has 4 nitrogen and oxygen atoms in total. The molecule has 1 aliphatic heterocycles. The summed E-state index contributed by atoms with van der Waals surface area (Å²) in [6.07, 6.45) is 8.97. The van der Waals surface area contributed by atoms with Gasteiger partial charge < -0.3 is 10.6 Å². The third kappa shape index (κ3) is 6.22. The summed E-state index contributed by atoms with van der Waals surface area (Å²) in [6, 6.07) is 0. The second-order valence-electron chi connectivity index (χ2n) is 6.19. The van der Waals surface area contributed by atoms with Crippen molar-refractivity contribution >= 4 is 42.1 Å². The first-order chi connectivity index (χ1) is 10.3. The van der Waals surface area contributed by atoms with Crippen LogP contribution in [-0.2, 0) is 24.2 Å². The predicted molar refractivity (Wildman–Crippen MR) is 99.9 cm³/mol. The molecule has 1 aromatic rings. The molecule has 7 heteroatoms. The highest BCUT2D eigenvalue weighted by molar-refractivity contribution is 7.11. The Hall–Kier alpha value is -0.360. The van der Waals surface area contributed by atoms with E-state index in [9.17, 15) is 4.79 Å². The van der Waals surface area contributed by atoms with Crippen LogP contribution in [-0.4, -0.2) is 24.0 Å². The number of amides is 1. The summed E-state index contributed by atoms with van der Waals surface area (Å²) >= 11 is 1.79. The molecule has 0 radical (unpaired) electrons. The summed E-state index contributed by atoms with van der Waals surface area (Å²) in [6.45, 7) is 2.83. The van der Waals surface area contributed by atoms with Crippen LogP contribution < -0.4 is 10.6 Å². The summed E-state index contributed by atoms with van der Waals surface area (Å²) < 4.78 is 0. The van der Waals surface area contributed by atoms with Crippen LogP contribution in [0.4, 0.5) is 0 Å². The van der Waals surface area contributed by atoms with Crippen molar-refractivity contribution in [3.63, 3.8) is 0 Å². The molecule has 0 bridgehead atoms. The van der Waals surface area contributed by atoms with Crippen molar-refractivity contribution in [2.24, 2.45) is 5.92 Å². The smallest absolute Gasteiger partial charge is 0.220 e. The molecule has 1 aliphatic carbocycles. The number of halogens is 2. The molecular formula is C16H27Cl2N3OS. The fraction of sp³-hybridized carbons (Fsp3) is 0.750. The van der Waals surface area contributed by atoms with Crippen LogP contribution in [0, 0.1) is 5.92 Å². The molecule has 0 unspecified atom stereocenters. The number of hydrogen-bond donors (Lipinski definition) is 2. The molecule has 1 saturated heterocycles. The lowest BCUT2D eigenvalue weighted by Crippen LogP contribution is -2.29. The Morgan fingerprint density at radius 3 is 2.70 bits per heavy atom. The minimum atomic E-state index is 0. The Bertz CT molecular complexity index is 466. The molecule has 1 amide bonds. The number of nitrogens with zero attached hydrogens (tertiary/aromatic N) is 1. The van der Waals surface area contributed by atoms with Gasteiger partial charge in [0.2, 0.25) is 5.91 Å². The highest BCUT2D eigenvalue weighted by atomic mass is 35.5. The first kappa shape index (κ1) is 20.7. The molecule has 2 heterocycles. The molecule has 132 valence electrons. The van der Waals surface area contributed by atoms with Crippen LogP contribution in [0.3, 0.4) is 0 Å². The van der Waals surface area contributed by atoms with Crippen LogP contribution in [0.1, 0.15) is 54.1 Å². The van der Waals surface area contributed by atoms with Crippen molar-refractivity contribution in [3.05, 3.63) is 15.6 Å². The van der Waals surface area contributed by atoms with Crippen molar-refractivity contribution in [1.82, 2.24) is 15.6 Å². The van der Waals surface area contributed by atoms with Crippen molar-refractivity contribution in [1.29, 1.82) is 0 Å². The van der Waals surface area contributed by atoms with Gasteiger partial charge in [-0.15, -0.1) is 36.2 Å². The molecule has 0 aromatic carbocycles. The Balaban J connectivity index is 0.00000132. The topological polar surface area (TPSA) is 54.0 Å². The average Bonchev–Trinajstić information content (AvgIpc) is 2.95. The first-order valence-electron chi connectivity index (χ1n) is 8.26. The number of aromatic nitrogens is 1. The van der Waals surface area contributed by atoms with E-state index in [4.69, 9.17) is 0 Å². The van der Waals surface area contributed by atoms with Gasteiger partial charge in [0, 0.05) is 11.3 Å². The Kier molecular flexibility index (Phi) is 9.44. The first-order valence-corrected chi connectivity index (χ1v) is 9.08. The molecule has 0 saturated carbocycles. The van der Waals surface area contributed by atoms with Gasteiger partial charge in [-0.3, -0.25) is 4.79 Å². The van der Waals surface area contributed by atoms with Gasteiger partial charge >= 0.3 is 0 Å². The van der Waals surface area contributed by atoms with Crippen LogP contribution in [0.2, 0.25) is 0 Å².